The van der Waals surface area contributed by atoms with Gasteiger partial charge in [0.05, 0.1) is 0 Å². The van der Waals surface area contributed by atoms with E-state index in [1.165, 1.54) is 0 Å². The van der Waals surface area contributed by atoms with Gasteiger partial charge in [0, 0.05) is 11.6 Å². The summed E-state index contributed by atoms with van der Waals surface area (Å²) in [6.07, 6.45) is 5.88. The Labute approximate surface area is 83.6 Å². The molecular weight excluding hydrogens is 174 g/mol. The van der Waals surface area contributed by atoms with Gasteiger partial charge in [0.25, 0.3) is 0 Å². The third-order valence-electron chi connectivity index (χ3n) is 2.42. The lowest BCUT2D eigenvalue weighted by Gasteiger charge is -2.09. The van der Waals surface area contributed by atoms with Gasteiger partial charge in [-0.3, -0.25) is 4.79 Å². The van der Waals surface area contributed by atoms with Crippen LogP contribution >= 0.6 is 0 Å². The highest BCUT2D eigenvalue weighted by molar-refractivity contribution is 5.92. The van der Waals surface area contributed by atoms with Gasteiger partial charge in [-0.2, -0.15) is 0 Å². The van der Waals surface area contributed by atoms with Gasteiger partial charge >= 0.3 is 0 Å². The number of hydrogen-bond donors (Lipinski definition) is 1. The first-order valence-electron chi connectivity index (χ1n) is 4.87. The molecule has 72 valence electrons. The Balaban J connectivity index is 1.95. The summed E-state index contributed by atoms with van der Waals surface area (Å²) in [5.74, 6) is 0.261. The van der Waals surface area contributed by atoms with Crippen LogP contribution in [0, 0.1) is 5.92 Å². The predicted molar refractivity (Wildman–Crippen MR) is 56.9 cm³/mol. The van der Waals surface area contributed by atoms with Gasteiger partial charge in [0.2, 0.25) is 5.91 Å². The van der Waals surface area contributed by atoms with E-state index < -0.39 is 0 Å². The summed E-state index contributed by atoms with van der Waals surface area (Å²) in [5.41, 5.74) is 0.879. The fourth-order valence-electron chi connectivity index (χ4n) is 1.60. The lowest BCUT2D eigenvalue weighted by Crippen LogP contribution is -2.20. The molecule has 0 unspecified atom stereocenters. The highest BCUT2D eigenvalue weighted by atomic mass is 16.1. The molecule has 0 saturated heterocycles. The maximum atomic E-state index is 11.7. The van der Waals surface area contributed by atoms with E-state index in [0.717, 1.165) is 18.5 Å². The van der Waals surface area contributed by atoms with E-state index in [4.69, 9.17) is 0 Å². The Hall–Kier alpha value is -1.57. The van der Waals surface area contributed by atoms with Crippen LogP contribution in [0.25, 0.3) is 0 Å². The summed E-state index contributed by atoms with van der Waals surface area (Å²) >= 11 is 0. The van der Waals surface area contributed by atoms with Gasteiger partial charge in [0.15, 0.2) is 0 Å². The molecular formula is C12H13NO. The number of para-hydroxylation sites is 1. The van der Waals surface area contributed by atoms with E-state index in [9.17, 15) is 4.79 Å². The van der Waals surface area contributed by atoms with E-state index in [1.807, 2.05) is 30.3 Å². The molecule has 1 aromatic rings. The normalized spacial score (nSPS) is 15.7. The van der Waals surface area contributed by atoms with E-state index in [0.29, 0.717) is 0 Å². The molecule has 2 heteroatoms. The number of amides is 1. The molecule has 0 aromatic heterocycles. The molecule has 0 atom stereocenters. The van der Waals surface area contributed by atoms with Crippen molar-refractivity contribution in [3.05, 3.63) is 42.5 Å². The van der Waals surface area contributed by atoms with Crippen molar-refractivity contribution in [2.24, 2.45) is 5.92 Å². The Morgan fingerprint density at radius 2 is 1.79 bits per heavy atom. The average molecular weight is 187 g/mol. The van der Waals surface area contributed by atoms with Crippen LogP contribution in [0.2, 0.25) is 0 Å². The Kier molecular flexibility index (Phi) is 2.63. The zero-order valence-electron chi connectivity index (χ0n) is 7.94. The lowest BCUT2D eigenvalue weighted by atomic mass is 10.1. The van der Waals surface area contributed by atoms with Crippen LogP contribution in [-0.4, -0.2) is 5.91 Å². The second-order valence-electron chi connectivity index (χ2n) is 3.50. The second kappa shape index (κ2) is 4.09. The molecule has 0 radical (unpaired) electrons. The summed E-state index contributed by atoms with van der Waals surface area (Å²) in [5, 5.41) is 2.90. The molecule has 14 heavy (non-hydrogen) atoms. The average Bonchev–Trinajstić information content (AvgIpc) is 2.72. The van der Waals surface area contributed by atoms with Crippen LogP contribution < -0.4 is 5.32 Å². The van der Waals surface area contributed by atoms with Crippen molar-refractivity contribution in [3.8, 4) is 0 Å². The lowest BCUT2D eigenvalue weighted by molar-refractivity contribution is -0.119. The second-order valence-corrected chi connectivity index (χ2v) is 3.50. The standard InChI is InChI=1S/C12H13NO/c14-12(10-6-4-5-7-10)13-11-8-2-1-3-9-11/h1-5,8-10H,6-7H2,(H,13,14). The number of carbonyl (C=O) groups is 1. The van der Waals surface area contributed by atoms with Crippen LogP contribution in [0.1, 0.15) is 12.8 Å². The summed E-state index contributed by atoms with van der Waals surface area (Å²) < 4.78 is 0. The first-order valence-corrected chi connectivity index (χ1v) is 4.87. The van der Waals surface area contributed by atoms with E-state index >= 15 is 0 Å². The largest absolute Gasteiger partial charge is 0.326 e. The number of anilines is 1. The predicted octanol–water partition coefficient (Wildman–Crippen LogP) is 2.59. The Bertz CT molecular complexity index is 335. The van der Waals surface area contributed by atoms with Crippen molar-refractivity contribution >= 4 is 11.6 Å². The van der Waals surface area contributed by atoms with Crippen LogP contribution in [-0.2, 0) is 4.79 Å². The van der Waals surface area contributed by atoms with E-state index in [-0.39, 0.29) is 11.8 Å². The van der Waals surface area contributed by atoms with Gasteiger partial charge in [-0.05, 0) is 25.0 Å². The van der Waals surface area contributed by atoms with Crippen LogP contribution in [0.4, 0.5) is 5.69 Å². The van der Waals surface area contributed by atoms with Crippen LogP contribution in [0.3, 0.4) is 0 Å². The molecule has 0 aliphatic heterocycles. The topological polar surface area (TPSA) is 29.1 Å². The van der Waals surface area contributed by atoms with Gasteiger partial charge in [-0.15, -0.1) is 0 Å². The first kappa shape index (κ1) is 9.00. The summed E-state index contributed by atoms with van der Waals surface area (Å²) in [7, 11) is 0. The highest BCUT2D eigenvalue weighted by Gasteiger charge is 2.18. The number of benzene rings is 1. The molecule has 0 heterocycles. The number of carbonyl (C=O) groups excluding carboxylic acids is 1. The highest BCUT2D eigenvalue weighted by Crippen LogP contribution is 2.19. The molecule has 1 aliphatic rings. The SMILES string of the molecule is O=C(Nc1ccccc1)C1CC=CC1. The number of allylic oxidation sites excluding steroid dienone is 2. The van der Waals surface area contributed by atoms with Crippen molar-refractivity contribution in [3.63, 3.8) is 0 Å². The summed E-state index contributed by atoms with van der Waals surface area (Å²) in [6.45, 7) is 0. The third kappa shape index (κ3) is 2.02. The smallest absolute Gasteiger partial charge is 0.228 e. The van der Waals surface area contributed by atoms with E-state index in [2.05, 4.69) is 17.5 Å². The maximum Gasteiger partial charge on any atom is 0.228 e. The van der Waals surface area contributed by atoms with Crippen molar-refractivity contribution < 1.29 is 4.79 Å². The molecule has 0 saturated carbocycles. The van der Waals surface area contributed by atoms with Crippen molar-refractivity contribution in [1.29, 1.82) is 0 Å². The van der Waals surface area contributed by atoms with Crippen LogP contribution in [0.15, 0.2) is 42.5 Å². The number of rotatable bonds is 2. The third-order valence-corrected chi connectivity index (χ3v) is 2.42. The molecule has 1 aliphatic carbocycles. The minimum atomic E-state index is 0.126. The zero-order valence-corrected chi connectivity index (χ0v) is 7.94. The molecule has 2 nitrogen and oxygen atoms in total. The van der Waals surface area contributed by atoms with Crippen molar-refractivity contribution in [2.45, 2.75) is 12.8 Å². The van der Waals surface area contributed by atoms with Gasteiger partial charge in [0.1, 0.15) is 0 Å². The molecule has 0 bridgehead atoms. The van der Waals surface area contributed by atoms with Gasteiger partial charge in [-0.1, -0.05) is 30.4 Å². The Morgan fingerprint density at radius 3 is 2.43 bits per heavy atom. The monoisotopic (exact) mass is 187 g/mol. The van der Waals surface area contributed by atoms with Crippen molar-refractivity contribution in [2.75, 3.05) is 5.32 Å². The minimum absolute atomic E-state index is 0.126. The molecule has 1 amide bonds. The number of hydrogen-bond acceptors (Lipinski definition) is 1. The molecule has 2 rings (SSSR count). The van der Waals surface area contributed by atoms with Crippen molar-refractivity contribution in [1.82, 2.24) is 0 Å². The summed E-state index contributed by atoms with van der Waals surface area (Å²) in [6, 6.07) is 9.58. The summed E-state index contributed by atoms with van der Waals surface area (Å²) in [4.78, 5) is 11.7. The quantitative estimate of drug-likeness (QED) is 0.708. The van der Waals surface area contributed by atoms with E-state index in [1.54, 1.807) is 0 Å². The van der Waals surface area contributed by atoms with Crippen LogP contribution in [0.5, 0.6) is 0 Å². The fourth-order valence-corrected chi connectivity index (χ4v) is 1.60. The minimum Gasteiger partial charge on any atom is -0.326 e. The number of nitrogens with one attached hydrogen (secondary N) is 1. The zero-order chi connectivity index (χ0) is 9.80. The molecule has 0 spiro atoms. The molecule has 0 fully saturated rings. The van der Waals surface area contributed by atoms with Gasteiger partial charge in [-0.25, -0.2) is 0 Å². The first-order chi connectivity index (χ1) is 6.86. The van der Waals surface area contributed by atoms with Gasteiger partial charge < -0.3 is 5.32 Å². The fraction of sp³-hybridized carbons (Fsp3) is 0.250. The maximum absolute atomic E-state index is 11.7. The molecule has 1 N–H and O–H groups in total. The Morgan fingerprint density at radius 1 is 1.14 bits per heavy atom. The molecule has 1 aromatic carbocycles.